The molecular formula is C22H26N4O2S. The molecule has 0 aliphatic heterocycles. The molecule has 3 aromatic rings. The van der Waals surface area contributed by atoms with E-state index in [1.807, 2.05) is 36.3 Å². The number of carboxylic acid groups (broad SMARTS) is 1. The van der Waals surface area contributed by atoms with E-state index < -0.39 is 11.9 Å². The molecule has 0 spiro atoms. The largest absolute Gasteiger partial charge is 0.481 e. The zero-order chi connectivity index (χ0) is 20.8. The number of carboxylic acids is 1. The standard InChI is InChI=1S/C22H26N4O2S/c1-15(2)11-17(21(27)28)12-26(22-23-9-6-10-24-22)20(19-13-29-14-25-19)18-8-5-4-7-16(18)3/h4-10,13-15,17,20H,11-12H2,1-3H3,(H,27,28). The number of hydrogen-bond donors (Lipinski definition) is 1. The number of hydrogen-bond acceptors (Lipinski definition) is 6. The lowest BCUT2D eigenvalue weighted by Gasteiger charge is -2.34. The van der Waals surface area contributed by atoms with Gasteiger partial charge >= 0.3 is 5.97 Å². The zero-order valence-electron chi connectivity index (χ0n) is 16.9. The van der Waals surface area contributed by atoms with Gasteiger partial charge in [-0.2, -0.15) is 0 Å². The van der Waals surface area contributed by atoms with Crippen LogP contribution in [0.1, 0.15) is 43.1 Å². The van der Waals surface area contributed by atoms with Crippen LogP contribution in [0.3, 0.4) is 0 Å². The van der Waals surface area contributed by atoms with Crippen molar-refractivity contribution in [1.29, 1.82) is 0 Å². The van der Waals surface area contributed by atoms with Gasteiger partial charge in [0.05, 0.1) is 17.1 Å². The number of thiazole rings is 1. The molecule has 6 nitrogen and oxygen atoms in total. The van der Waals surface area contributed by atoms with Crippen LogP contribution in [0.15, 0.2) is 53.6 Å². The quantitative estimate of drug-likeness (QED) is 0.556. The van der Waals surface area contributed by atoms with Gasteiger partial charge in [0.25, 0.3) is 0 Å². The SMILES string of the molecule is Cc1ccccc1C(c1cscn1)N(CC(CC(C)C)C(=O)O)c1ncccn1. The molecule has 2 atom stereocenters. The lowest BCUT2D eigenvalue weighted by atomic mass is 9.93. The second kappa shape index (κ2) is 9.60. The highest BCUT2D eigenvalue weighted by Crippen LogP contribution is 2.34. The van der Waals surface area contributed by atoms with Gasteiger partial charge in [0.2, 0.25) is 5.95 Å². The summed E-state index contributed by atoms with van der Waals surface area (Å²) in [5.41, 5.74) is 4.85. The second-order valence-corrected chi connectivity index (χ2v) is 8.26. The van der Waals surface area contributed by atoms with Crippen molar-refractivity contribution in [1.82, 2.24) is 15.0 Å². The second-order valence-electron chi connectivity index (χ2n) is 7.54. The molecule has 0 aliphatic rings. The predicted octanol–water partition coefficient (Wildman–Crippen LogP) is 4.58. The first-order valence-electron chi connectivity index (χ1n) is 9.67. The van der Waals surface area contributed by atoms with E-state index in [2.05, 4.69) is 34.0 Å². The number of rotatable bonds is 9. The minimum absolute atomic E-state index is 0.265. The molecule has 0 radical (unpaired) electrons. The fraction of sp³-hybridized carbons (Fsp3) is 0.364. The van der Waals surface area contributed by atoms with Gasteiger partial charge in [0, 0.05) is 24.3 Å². The van der Waals surface area contributed by atoms with Gasteiger partial charge in [-0.3, -0.25) is 4.79 Å². The lowest BCUT2D eigenvalue weighted by Crippen LogP contribution is -2.38. The van der Waals surface area contributed by atoms with E-state index in [9.17, 15) is 9.90 Å². The van der Waals surface area contributed by atoms with Crippen LogP contribution in [-0.2, 0) is 4.79 Å². The Labute approximate surface area is 175 Å². The van der Waals surface area contributed by atoms with E-state index in [0.29, 0.717) is 18.9 Å². The number of aryl methyl sites for hydroxylation is 1. The summed E-state index contributed by atoms with van der Waals surface area (Å²) in [6, 6.07) is 9.61. The van der Waals surface area contributed by atoms with Crippen molar-refractivity contribution < 1.29 is 9.90 Å². The van der Waals surface area contributed by atoms with Crippen molar-refractivity contribution in [2.75, 3.05) is 11.4 Å². The molecule has 7 heteroatoms. The van der Waals surface area contributed by atoms with E-state index in [-0.39, 0.29) is 12.0 Å². The zero-order valence-corrected chi connectivity index (χ0v) is 17.7. The molecule has 0 fully saturated rings. The van der Waals surface area contributed by atoms with Crippen LogP contribution < -0.4 is 4.90 Å². The first kappa shape index (κ1) is 20.9. The molecule has 29 heavy (non-hydrogen) atoms. The molecule has 0 amide bonds. The summed E-state index contributed by atoms with van der Waals surface area (Å²) in [7, 11) is 0. The van der Waals surface area contributed by atoms with E-state index in [1.54, 1.807) is 24.0 Å². The summed E-state index contributed by atoms with van der Waals surface area (Å²) in [4.78, 5) is 27.5. The summed E-state index contributed by atoms with van der Waals surface area (Å²) >= 11 is 1.52. The van der Waals surface area contributed by atoms with Crippen molar-refractivity contribution in [3.8, 4) is 0 Å². The van der Waals surface area contributed by atoms with E-state index >= 15 is 0 Å². The molecule has 2 heterocycles. The highest BCUT2D eigenvalue weighted by molar-refractivity contribution is 7.07. The Bertz CT molecular complexity index is 916. The van der Waals surface area contributed by atoms with Crippen LogP contribution in [0.25, 0.3) is 0 Å². The number of anilines is 1. The van der Waals surface area contributed by atoms with Gasteiger partial charge in [0.1, 0.15) is 6.04 Å². The maximum atomic E-state index is 12.0. The average Bonchev–Trinajstić information content (AvgIpc) is 3.22. The monoisotopic (exact) mass is 410 g/mol. The molecule has 1 N–H and O–H groups in total. The molecule has 2 aromatic heterocycles. The van der Waals surface area contributed by atoms with Crippen molar-refractivity contribution in [3.63, 3.8) is 0 Å². The molecular weight excluding hydrogens is 384 g/mol. The van der Waals surface area contributed by atoms with Gasteiger partial charge in [-0.25, -0.2) is 15.0 Å². The summed E-state index contributed by atoms with van der Waals surface area (Å²) in [6.07, 6.45) is 3.95. The number of benzene rings is 1. The first-order valence-corrected chi connectivity index (χ1v) is 10.6. The maximum Gasteiger partial charge on any atom is 0.308 e. The average molecular weight is 411 g/mol. The molecule has 1 aromatic carbocycles. The lowest BCUT2D eigenvalue weighted by molar-refractivity contribution is -0.142. The van der Waals surface area contributed by atoms with Crippen LogP contribution in [0, 0.1) is 18.8 Å². The van der Waals surface area contributed by atoms with E-state index in [1.165, 1.54) is 11.3 Å². The van der Waals surface area contributed by atoms with E-state index in [4.69, 9.17) is 0 Å². The minimum atomic E-state index is -0.804. The fourth-order valence-corrected chi connectivity index (χ4v) is 4.11. The Balaban J connectivity index is 2.11. The Kier molecular flexibility index (Phi) is 6.93. The van der Waals surface area contributed by atoms with Gasteiger partial charge in [-0.1, -0.05) is 38.1 Å². The molecule has 3 rings (SSSR count). The Morgan fingerprint density at radius 2 is 1.86 bits per heavy atom. The van der Waals surface area contributed by atoms with Crippen molar-refractivity contribution >= 4 is 23.3 Å². The summed E-state index contributed by atoms with van der Waals surface area (Å²) in [5, 5.41) is 11.9. The summed E-state index contributed by atoms with van der Waals surface area (Å²) < 4.78 is 0. The normalized spacial score (nSPS) is 13.2. The number of aromatic nitrogens is 3. The molecule has 2 unspecified atom stereocenters. The van der Waals surface area contributed by atoms with Gasteiger partial charge < -0.3 is 10.0 Å². The maximum absolute atomic E-state index is 12.0. The molecule has 0 aliphatic carbocycles. The highest BCUT2D eigenvalue weighted by Gasteiger charge is 2.32. The van der Waals surface area contributed by atoms with Crippen LogP contribution in [0.5, 0.6) is 0 Å². The van der Waals surface area contributed by atoms with Crippen molar-refractivity contribution in [2.24, 2.45) is 11.8 Å². The third-order valence-electron chi connectivity index (χ3n) is 4.86. The van der Waals surface area contributed by atoms with Gasteiger partial charge in [0.15, 0.2) is 0 Å². The molecule has 0 bridgehead atoms. The number of carbonyl (C=O) groups is 1. The highest BCUT2D eigenvalue weighted by atomic mass is 32.1. The number of nitrogens with zero attached hydrogens (tertiary/aromatic N) is 4. The summed E-state index contributed by atoms with van der Waals surface area (Å²) in [5.74, 6) is -0.569. The third-order valence-corrected chi connectivity index (χ3v) is 5.46. The van der Waals surface area contributed by atoms with E-state index in [0.717, 1.165) is 16.8 Å². The summed E-state index contributed by atoms with van der Waals surface area (Å²) in [6.45, 7) is 6.44. The van der Waals surface area contributed by atoms with Crippen LogP contribution >= 0.6 is 11.3 Å². The Hall–Kier alpha value is -2.80. The molecule has 152 valence electrons. The van der Waals surface area contributed by atoms with Crippen LogP contribution in [0.4, 0.5) is 5.95 Å². The van der Waals surface area contributed by atoms with Crippen molar-refractivity contribution in [3.05, 3.63) is 70.4 Å². The van der Waals surface area contributed by atoms with Gasteiger partial charge in [-0.05, 0) is 36.5 Å². The minimum Gasteiger partial charge on any atom is -0.481 e. The van der Waals surface area contributed by atoms with Gasteiger partial charge in [-0.15, -0.1) is 11.3 Å². The first-order chi connectivity index (χ1) is 14.0. The van der Waals surface area contributed by atoms with Crippen molar-refractivity contribution in [2.45, 2.75) is 33.2 Å². The smallest absolute Gasteiger partial charge is 0.308 e. The van der Waals surface area contributed by atoms with Crippen LogP contribution in [-0.4, -0.2) is 32.6 Å². The number of aliphatic carboxylic acids is 1. The Morgan fingerprint density at radius 3 is 2.45 bits per heavy atom. The predicted molar refractivity (Wildman–Crippen MR) is 115 cm³/mol. The fourth-order valence-electron chi connectivity index (χ4n) is 3.54. The third kappa shape index (κ3) is 5.17. The van der Waals surface area contributed by atoms with Crippen LogP contribution in [0.2, 0.25) is 0 Å². The molecule has 0 saturated carbocycles. The topological polar surface area (TPSA) is 79.2 Å². The Morgan fingerprint density at radius 1 is 1.14 bits per heavy atom. The molecule has 0 saturated heterocycles.